The van der Waals surface area contributed by atoms with Gasteiger partial charge in [0.05, 0.1) is 5.92 Å². The number of carbonyl (C=O) groups is 2. The molecule has 0 aromatic heterocycles. The van der Waals surface area contributed by atoms with Gasteiger partial charge in [-0.25, -0.2) is 0 Å². The Morgan fingerprint density at radius 2 is 1.91 bits per heavy atom. The van der Waals surface area contributed by atoms with Gasteiger partial charge in [-0.1, -0.05) is 38.1 Å². The number of nitrogens with zero attached hydrogens (tertiary/aromatic N) is 1. The molecule has 1 heterocycles. The molecule has 3 atom stereocenters. The Kier molecular flexibility index (Phi) is 5.80. The molecule has 126 valence electrons. The van der Waals surface area contributed by atoms with Crippen LogP contribution in [0.1, 0.15) is 57.1 Å². The van der Waals surface area contributed by atoms with Crippen molar-refractivity contribution in [3.05, 3.63) is 35.4 Å². The maximum absolute atomic E-state index is 12.6. The highest BCUT2D eigenvalue weighted by Crippen LogP contribution is 2.26. The molecular weight excluding hydrogens is 290 g/mol. The summed E-state index contributed by atoms with van der Waals surface area (Å²) in [6.45, 7) is 6.54. The summed E-state index contributed by atoms with van der Waals surface area (Å²) in [5.74, 6) is -1.01. The van der Waals surface area contributed by atoms with E-state index >= 15 is 0 Å². The van der Waals surface area contributed by atoms with Gasteiger partial charge in [0.15, 0.2) is 0 Å². The van der Waals surface area contributed by atoms with E-state index in [4.69, 9.17) is 0 Å². The third-order valence-electron chi connectivity index (χ3n) is 4.99. The smallest absolute Gasteiger partial charge is 0.308 e. The number of likely N-dealkylation sites (tertiary alicyclic amines) is 1. The van der Waals surface area contributed by atoms with Crippen LogP contribution in [0.3, 0.4) is 0 Å². The van der Waals surface area contributed by atoms with E-state index in [0.717, 1.165) is 18.4 Å². The monoisotopic (exact) mass is 317 g/mol. The van der Waals surface area contributed by atoms with Gasteiger partial charge in [-0.3, -0.25) is 9.59 Å². The number of carboxylic acid groups (broad SMARTS) is 1. The number of amides is 1. The number of rotatable bonds is 5. The molecule has 0 spiro atoms. The Morgan fingerprint density at radius 3 is 2.48 bits per heavy atom. The number of carbonyl (C=O) groups excluding carboxylic acids is 1. The first-order chi connectivity index (χ1) is 10.9. The molecule has 1 aliphatic heterocycles. The molecule has 0 bridgehead atoms. The molecule has 1 aromatic rings. The van der Waals surface area contributed by atoms with Gasteiger partial charge in [0.25, 0.3) is 0 Å². The van der Waals surface area contributed by atoms with Crippen molar-refractivity contribution in [1.82, 2.24) is 4.90 Å². The van der Waals surface area contributed by atoms with Crippen LogP contribution in [0.25, 0.3) is 0 Å². The predicted octanol–water partition coefficient (Wildman–Crippen LogP) is 3.45. The minimum atomic E-state index is -0.794. The van der Waals surface area contributed by atoms with Crippen molar-refractivity contribution in [3.8, 4) is 0 Å². The molecule has 1 N–H and O–H groups in total. The fourth-order valence-corrected chi connectivity index (χ4v) is 3.23. The molecular formula is C19H27NO3. The molecule has 1 aliphatic rings. The van der Waals surface area contributed by atoms with E-state index in [1.54, 1.807) is 4.90 Å². The van der Waals surface area contributed by atoms with E-state index in [0.29, 0.717) is 19.4 Å². The summed E-state index contributed by atoms with van der Waals surface area (Å²) in [5, 5.41) is 9.20. The fraction of sp³-hybridized carbons (Fsp3) is 0.579. The molecule has 1 amide bonds. The second-order valence-corrected chi connectivity index (χ2v) is 6.71. The lowest BCUT2D eigenvalue weighted by atomic mass is 9.91. The van der Waals surface area contributed by atoms with E-state index in [1.807, 2.05) is 6.92 Å². The summed E-state index contributed by atoms with van der Waals surface area (Å²) in [4.78, 5) is 25.6. The molecule has 1 aromatic carbocycles. The minimum Gasteiger partial charge on any atom is -0.481 e. The van der Waals surface area contributed by atoms with Gasteiger partial charge < -0.3 is 10.0 Å². The molecule has 1 fully saturated rings. The van der Waals surface area contributed by atoms with E-state index in [1.165, 1.54) is 5.56 Å². The van der Waals surface area contributed by atoms with Crippen LogP contribution in [-0.2, 0) is 16.0 Å². The van der Waals surface area contributed by atoms with Crippen molar-refractivity contribution in [2.75, 3.05) is 6.54 Å². The number of piperidine rings is 1. The van der Waals surface area contributed by atoms with Crippen LogP contribution in [0.2, 0.25) is 0 Å². The zero-order chi connectivity index (χ0) is 17.0. The Bertz CT molecular complexity index is 552. The number of benzene rings is 1. The topological polar surface area (TPSA) is 57.6 Å². The zero-order valence-electron chi connectivity index (χ0n) is 14.3. The van der Waals surface area contributed by atoms with Crippen LogP contribution in [0.15, 0.2) is 24.3 Å². The zero-order valence-corrected chi connectivity index (χ0v) is 14.3. The second-order valence-electron chi connectivity index (χ2n) is 6.71. The van der Waals surface area contributed by atoms with Crippen LogP contribution in [0.4, 0.5) is 0 Å². The highest BCUT2D eigenvalue weighted by atomic mass is 16.4. The summed E-state index contributed by atoms with van der Waals surface area (Å²) >= 11 is 0. The van der Waals surface area contributed by atoms with Crippen molar-refractivity contribution in [3.63, 3.8) is 0 Å². The highest BCUT2D eigenvalue weighted by molar-refractivity contribution is 5.79. The number of hydrogen-bond acceptors (Lipinski definition) is 2. The predicted molar refractivity (Wildman–Crippen MR) is 90.4 cm³/mol. The minimum absolute atomic E-state index is 0.0653. The summed E-state index contributed by atoms with van der Waals surface area (Å²) < 4.78 is 0. The van der Waals surface area contributed by atoms with Crippen LogP contribution in [-0.4, -0.2) is 34.5 Å². The van der Waals surface area contributed by atoms with Crippen LogP contribution < -0.4 is 0 Å². The molecule has 1 saturated heterocycles. The average molecular weight is 317 g/mol. The van der Waals surface area contributed by atoms with E-state index < -0.39 is 11.9 Å². The third kappa shape index (κ3) is 4.34. The van der Waals surface area contributed by atoms with Gasteiger partial charge >= 0.3 is 5.97 Å². The van der Waals surface area contributed by atoms with Gasteiger partial charge in [0.1, 0.15) is 0 Å². The number of aliphatic carboxylic acids is 1. The van der Waals surface area contributed by atoms with Gasteiger partial charge in [0.2, 0.25) is 5.91 Å². The highest BCUT2D eigenvalue weighted by Gasteiger charge is 2.32. The number of aryl methyl sites for hydroxylation is 1. The first-order valence-electron chi connectivity index (χ1n) is 8.53. The van der Waals surface area contributed by atoms with Crippen LogP contribution in [0.5, 0.6) is 0 Å². The summed E-state index contributed by atoms with van der Waals surface area (Å²) in [6.07, 6.45) is 2.87. The number of carboxylic acids is 1. The molecule has 0 aliphatic carbocycles. The summed E-state index contributed by atoms with van der Waals surface area (Å²) in [6, 6.07) is 8.54. The van der Waals surface area contributed by atoms with Gasteiger partial charge in [-0.15, -0.1) is 0 Å². The van der Waals surface area contributed by atoms with Crippen molar-refractivity contribution in [1.29, 1.82) is 0 Å². The Balaban J connectivity index is 2.00. The Morgan fingerprint density at radius 1 is 1.26 bits per heavy atom. The maximum atomic E-state index is 12.6. The lowest BCUT2D eigenvalue weighted by Crippen LogP contribution is -2.47. The summed E-state index contributed by atoms with van der Waals surface area (Å²) in [5.41, 5.74) is 2.45. The van der Waals surface area contributed by atoms with Crippen molar-refractivity contribution < 1.29 is 14.7 Å². The van der Waals surface area contributed by atoms with Gasteiger partial charge in [-0.05, 0) is 43.2 Å². The lowest BCUT2D eigenvalue weighted by molar-refractivity contribution is -0.147. The second kappa shape index (κ2) is 7.62. The fourth-order valence-electron chi connectivity index (χ4n) is 3.23. The quantitative estimate of drug-likeness (QED) is 0.905. The maximum Gasteiger partial charge on any atom is 0.308 e. The van der Waals surface area contributed by atoms with E-state index in [-0.39, 0.29) is 17.9 Å². The average Bonchev–Trinajstić information content (AvgIpc) is 2.54. The molecule has 3 unspecified atom stereocenters. The molecule has 4 heteroatoms. The normalized spacial score (nSPS) is 22.7. The molecule has 0 saturated carbocycles. The standard InChI is InChI=1S/C19H27NO3/c1-4-15-6-9-16(10-7-15)13(2)11-18(21)20-12-17(19(22)23)8-5-14(20)3/h6-7,9-10,13-14,17H,4-5,8,11-12H2,1-3H3,(H,22,23). The third-order valence-corrected chi connectivity index (χ3v) is 4.99. The Hall–Kier alpha value is -1.84. The SMILES string of the molecule is CCc1ccc(C(C)CC(=O)N2CC(C(=O)O)CCC2C)cc1. The first kappa shape index (κ1) is 17.5. The largest absolute Gasteiger partial charge is 0.481 e. The van der Waals surface area contributed by atoms with E-state index in [9.17, 15) is 14.7 Å². The number of hydrogen-bond donors (Lipinski definition) is 1. The molecule has 4 nitrogen and oxygen atoms in total. The Labute approximate surface area is 138 Å². The van der Waals surface area contributed by atoms with Crippen LogP contribution >= 0.6 is 0 Å². The van der Waals surface area contributed by atoms with Crippen molar-refractivity contribution >= 4 is 11.9 Å². The molecule has 0 radical (unpaired) electrons. The molecule has 2 rings (SSSR count). The first-order valence-corrected chi connectivity index (χ1v) is 8.53. The summed E-state index contributed by atoms with van der Waals surface area (Å²) in [7, 11) is 0. The van der Waals surface area contributed by atoms with Crippen LogP contribution in [0, 0.1) is 5.92 Å². The van der Waals surface area contributed by atoms with Crippen molar-refractivity contribution in [2.24, 2.45) is 5.92 Å². The lowest BCUT2D eigenvalue weighted by Gasteiger charge is -2.37. The van der Waals surface area contributed by atoms with E-state index in [2.05, 4.69) is 38.1 Å². The van der Waals surface area contributed by atoms with Gasteiger partial charge in [-0.2, -0.15) is 0 Å². The van der Waals surface area contributed by atoms with Crippen molar-refractivity contribution in [2.45, 2.75) is 58.4 Å². The molecule has 23 heavy (non-hydrogen) atoms. The van der Waals surface area contributed by atoms with Gasteiger partial charge in [0, 0.05) is 19.0 Å².